The minimum atomic E-state index is -0.212. The average Bonchev–Trinajstić information content (AvgIpc) is 2.81. The van der Waals surface area contributed by atoms with E-state index in [0.29, 0.717) is 18.3 Å². The molecule has 0 N–H and O–H groups in total. The second-order valence-electron chi connectivity index (χ2n) is 6.05. The van der Waals surface area contributed by atoms with E-state index in [4.69, 9.17) is 4.74 Å². The summed E-state index contributed by atoms with van der Waals surface area (Å²) in [4.78, 5) is 15.0. The van der Waals surface area contributed by atoms with Crippen LogP contribution in [0.4, 0.5) is 0 Å². The molecular weight excluding hydrogens is 214 g/mol. The van der Waals surface area contributed by atoms with Crippen LogP contribution in [-0.2, 0) is 9.53 Å². The van der Waals surface area contributed by atoms with Crippen molar-refractivity contribution in [1.82, 2.24) is 4.90 Å². The topological polar surface area (TPSA) is 29.5 Å². The SMILES string of the molecule is CC1CCCC(C(=O)C2CCOC2)(N(C)C)C1. The van der Waals surface area contributed by atoms with Crippen LogP contribution in [0.25, 0.3) is 0 Å². The minimum Gasteiger partial charge on any atom is -0.381 e. The van der Waals surface area contributed by atoms with Crippen LogP contribution in [0.5, 0.6) is 0 Å². The number of hydrogen-bond acceptors (Lipinski definition) is 3. The lowest BCUT2D eigenvalue weighted by molar-refractivity contribution is -0.137. The summed E-state index contributed by atoms with van der Waals surface area (Å²) < 4.78 is 5.38. The number of hydrogen-bond donors (Lipinski definition) is 0. The maximum atomic E-state index is 12.8. The molecule has 0 radical (unpaired) electrons. The third kappa shape index (κ3) is 2.41. The van der Waals surface area contributed by atoms with E-state index in [1.54, 1.807) is 0 Å². The molecule has 0 aromatic rings. The number of Topliss-reactive ketones (excluding diaryl/α,β-unsaturated/α-hetero) is 1. The average molecular weight is 239 g/mol. The Kier molecular flexibility index (Phi) is 3.88. The Morgan fingerprint density at radius 2 is 2.12 bits per heavy atom. The van der Waals surface area contributed by atoms with E-state index in [9.17, 15) is 4.79 Å². The molecule has 3 unspecified atom stereocenters. The number of ketones is 1. The zero-order valence-electron chi connectivity index (χ0n) is 11.4. The Bertz CT molecular complexity index is 284. The normalized spacial score (nSPS) is 38.6. The highest BCUT2D eigenvalue weighted by atomic mass is 16.5. The van der Waals surface area contributed by atoms with Gasteiger partial charge in [0, 0.05) is 12.5 Å². The highest BCUT2D eigenvalue weighted by molar-refractivity contribution is 5.90. The minimum absolute atomic E-state index is 0.141. The summed E-state index contributed by atoms with van der Waals surface area (Å²) in [5.74, 6) is 1.24. The number of likely N-dealkylation sites (N-methyl/N-ethyl adjacent to an activating group) is 1. The van der Waals surface area contributed by atoms with Crippen LogP contribution >= 0.6 is 0 Å². The zero-order chi connectivity index (χ0) is 12.5. The molecule has 3 nitrogen and oxygen atoms in total. The first kappa shape index (κ1) is 13.0. The van der Waals surface area contributed by atoms with Crippen LogP contribution in [0.15, 0.2) is 0 Å². The highest BCUT2D eigenvalue weighted by Gasteiger charge is 2.46. The molecule has 3 atom stereocenters. The molecule has 2 aliphatic rings. The van der Waals surface area contributed by atoms with Crippen molar-refractivity contribution in [2.75, 3.05) is 27.3 Å². The van der Waals surface area contributed by atoms with Crippen molar-refractivity contribution in [2.24, 2.45) is 11.8 Å². The number of rotatable bonds is 3. The predicted octanol–water partition coefficient (Wildman–Crippen LogP) is 2.10. The van der Waals surface area contributed by atoms with E-state index < -0.39 is 0 Å². The third-order valence-corrected chi connectivity index (χ3v) is 4.59. The molecule has 0 amide bonds. The van der Waals surface area contributed by atoms with Gasteiger partial charge in [0.05, 0.1) is 12.1 Å². The molecule has 1 saturated heterocycles. The number of nitrogens with zero attached hydrogens (tertiary/aromatic N) is 1. The maximum absolute atomic E-state index is 12.8. The fraction of sp³-hybridized carbons (Fsp3) is 0.929. The van der Waals surface area contributed by atoms with Gasteiger partial charge in [-0.2, -0.15) is 0 Å². The summed E-state index contributed by atoms with van der Waals surface area (Å²) >= 11 is 0. The Balaban J connectivity index is 2.17. The van der Waals surface area contributed by atoms with Gasteiger partial charge in [0.15, 0.2) is 5.78 Å². The van der Waals surface area contributed by atoms with Crippen molar-refractivity contribution in [2.45, 2.75) is 44.6 Å². The summed E-state index contributed by atoms with van der Waals surface area (Å²) in [6.07, 6.45) is 5.42. The monoisotopic (exact) mass is 239 g/mol. The first-order chi connectivity index (χ1) is 8.06. The van der Waals surface area contributed by atoms with Crippen molar-refractivity contribution in [3.05, 3.63) is 0 Å². The largest absolute Gasteiger partial charge is 0.381 e. The van der Waals surface area contributed by atoms with E-state index in [0.717, 1.165) is 25.9 Å². The summed E-state index contributed by atoms with van der Waals surface area (Å²) in [6.45, 7) is 3.67. The number of ether oxygens (including phenoxy) is 1. The molecule has 17 heavy (non-hydrogen) atoms. The highest BCUT2D eigenvalue weighted by Crippen LogP contribution is 2.39. The lowest BCUT2D eigenvalue weighted by Crippen LogP contribution is -2.56. The zero-order valence-corrected chi connectivity index (χ0v) is 11.4. The van der Waals surface area contributed by atoms with Gasteiger partial charge >= 0.3 is 0 Å². The summed E-state index contributed by atoms with van der Waals surface area (Å²) in [5, 5.41) is 0. The van der Waals surface area contributed by atoms with Crippen LogP contribution in [-0.4, -0.2) is 43.5 Å². The molecule has 1 aliphatic heterocycles. The van der Waals surface area contributed by atoms with Gasteiger partial charge in [-0.25, -0.2) is 0 Å². The Morgan fingerprint density at radius 3 is 2.65 bits per heavy atom. The Labute approximate surface area is 105 Å². The molecular formula is C14H25NO2. The molecule has 1 heterocycles. The van der Waals surface area contributed by atoms with E-state index in [1.807, 2.05) is 0 Å². The van der Waals surface area contributed by atoms with E-state index in [-0.39, 0.29) is 11.5 Å². The molecule has 2 rings (SSSR count). The Hall–Kier alpha value is -0.410. The molecule has 0 aromatic heterocycles. The second kappa shape index (κ2) is 5.07. The Morgan fingerprint density at radius 1 is 1.35 bits per heavy atom. The van der Waals surface area contributed by atoms with Gasteiger partial charge in [-0.15, -0.1) is 0 Å². The van der Waals surface area contributed by atoms with Crippen molar-refractivity contribution >= 4 is 5.78 Å². The predicted molar refractivity (Wildman–Crippen MR) is 68.0 cm³/mol. The van der Waals surface area contributed by atoms with Gasteiger partial charge < -0.3 is 4.74 Å². The molecule has 1 aliphatic carbocycles. The van der Waals surface area contributed by atoms with Crippen LogP contribution in [0, 0.1) is 11.8 Å². The van der Waals surface area contributed by atoms with Crippen LogP contribution in [0.3, 0.4) is 0 Å². The van der Waals surface area contributed by atoms with Gasteiger partial charge in [-0.05, 0) is 39.3 Å². The smallest absolute Gasteiger partial charge is 0.158 e. The fourth-order valence-electron chi connectivity index (χ4n) is 3.50. The first-order valence-electron chi connectivity index (χ1n) is 6.86. The summed E-state index contributed by atoms with van der Waals surface area (Å²) in [6, 6.07) is 0. The molecule has 0 aromatic carbocycles. The lowest BCUT2D eigenvalue weighted by Gasteiger charge is -2.45. The summed E-state index contributed by atoms with van der Waals surface area (Å²) in [5.41, 5.74) is -0.212. The van der Waals surface area contributed by atoms with Gasteiger partial charge in [0.1, 0.15) is 0 Å². The standard InChI is InChI=1S/C14H25NO2/c1-11-5-4-7-14(9-11,15(2)3)13(16)12-6-8-17-10-12/h11-12H,4-10H2,1-3H3. The van der Waals surface area contributed by atoms with E-state index in [1.165, 1.54) is 12.8 Å². The van der Waals surface area contributed by atoms with Crippen LogP contribution in [0.2, 0.25) is 0 Å². The third-order valence-electron chi connectivity index (χ3n) is 4.59. The summed E-state index contributed by atoms with van der Waals surface area (Å²) in [7, 11) is 4.12. The van der Waals surface area contributed by atoms with Crippen molar-refractivity contribution in [1.29, 1.82) is 0 Å². The van der Waals surface area contributed by atoms with Gasteiger partial charge in [-0.3, -0.25) is 9.69 Å². The van der Waals surface area contributed by atoms with Crippen LogP contribution < -0.4 is 0 Å². The van der Waals surface area contributed by atoms with Crippen molar-refractivity contribution < 1.29 is 9.53 Å². The molecule has 98 valence electrons. The van der Waals surface area contributed by atoms with Gasteiger partial charge in [0.2, 0.25) is 0 Å². The molecule has 0 bridgehead atoms. The maximum Gasteiger partial charge on any atom is 0.158 e. The van der Waals surface area contributed by atoms with Gasteiger partial charge in [-0.1, -0.05) is 19.8 Å². The molecule has 1 saturated carbocycles. The van der Waals surface area contributed by atoms with E-state index >= 15 is 0 Å². The first-order valence-corrected chi connectivity index (χ1v) is 6.86. The second-order valence-corrected chi connectivity index (χ2v) is 6.05. The molecule has 3 heteroatoms. The molecule has 2 fully saturated rings. The lowest BCUT2D eigenvalue weighted by atomic mass is 9.70. The number of carbonyl (C=O) groups excluding carboxylic acids is 1. The van der Waals surface area contributed by atoms with E-state index in [2.05, 4.69) is 25.9 Å². The number of carbonyl (C=O) groups is 1. The van der Waals surface area contributed by atoms with Crippen molar-refractivity contribution in [3.8, 4) is 0 Å². The fourth-order valence-corrected chi connectivity index (χ4v) is 3.50. The van der Waals surface area contributed by atoms with Crippen molar-refractivity contribution in [3.63, 3.8) is 0 Å². The quantitative estimate of drug-likeness (QED) is 0.755. The van der Waals surface area contributed by atoms with Gasteiger partial charge in [0.25, 0.3) is 0 Å². The molecule has 0 spiro atoms. The van der Waals surface area contributed by atoms with Crippen LogP contribution in [0.1, 0.15) is 39.0 Å².